The summed E-state index contributed by atoms with van der Waals surface area (Å²) in [6.07, 6.45) is 3.28. The number of allylic oxidation sites excluding steroid dienone is 1. The van der Waals surface area contributed by atoms with Crippen LogP contribution in [0.3, 0.4) is 0 Å². The van der Waals surface area contributed by atoms with Crippen LogP contribution in [0.1, 0.15) is 72.6 Å². The molecule has 0 aromatic rings. The number of halogens is 1. The number of alkyl halides is 1. The van der Waals surface area contributed by atoms with Gasteiger partial charge in [0.15, 0.2) is 0 Å². The number of sulfonamides is 1. The van der Waals surface area contributed by atoms with Crippen LogP contribution in [0.4, 0.5) is 9.18 Å². The van der Waals surface area contributed by atoms with Crippen molar-refractivity contribution < 1.29 is 46.6 Å². The van der Waals surface area contributed by atoms with Crippen molar-refractivity contribution in [2.24, 2.45) is 17.8 Å². The molecule has 1 unspecified atom stereocenters. The van der Waals surface area contributed by atoms with Gasteiger partial charge in [0.25, 0.3) is 5.91 Å². The number of aliphatic hydroxyl groups excluding tert-OH is 1. The number of hydrogen-bond donors (Lipinski definition) is 4. The van der Waals surface area contributed by atoms with Gasteiger partial charge in [0.2, 0.25) is 21.8 Å². The molecule has 4 N–H and O–H groups in total. The molecule has 0 aromatic heterocycles. The number of alkyl carbamates (subject to hydrolysis) is 1. The van der Waals surface area contributed by atoms with E-state index < -0.39 is 86.4 Å². The van der Waals surface area contributed by atoms with Crippen LogP contribution in [0.2, 0.25) is 0 Å². The van der Waals surface area contributed by atoms with E-state index in [1.165, 1.54) is 13.2 Å². The molecular weight excluding hydrogens is 635 g/mol. The van der Waals surface area contributed by atoms with Crippen molar-refractivity contribution in [3.05, 3.63) is 25.3 Å². The average molecular weight is 687 g/mol. The third-order valence-corrected chi connectivity index (χ3v) is 11.2. The summed E-state index contributed by atoms with van der Waals surface area (Å²) < 4.78 is 50.3. The topological polar surface area (TPSA) is 180 Å². The van der Waals surface area contributed by atoms with E-state index in [9.17, 15) is 37.1 Å². The molecule has 2 saturated carbocycles. The number of nitrogens with one attached hydrogen (secondary N) is 3. The summed E-state index contributed by atoms with van der Waals surface area (Å²) in [5.74, 6) is -3.52. The normalized spacial score (nSPS) is 26.7. The lowest BCUT2D eigenvalue weighted by Crippen LogP contribution is -2.60. The Morgan fingerprint density at radius 3 is 2.36 bits per heavy atom. The molecule has 1 aliphatic heterocycles. The number of ether oxygens (including phenoxy) is 2. The smallest absolute Gasteiger partial charge is 0.408 e. The van der Waals surface area contributed by atoms with Crippen molar-refractivity contribution >= 4 is 33.8 Å². The molecular formula is C32H51FN4O9S. The summed E-state index contributed by atoms with van der Waals surface area (Å²) in [7, 11) is -2.89. The van der Waals surface area contributed by atoms with Crippen LogP contribution in [0.5, 0.6) is 0 Å². The fourth-order valence-electron chi connectivity index (χ4n) is 6.12. The maximum atomic E-state index is 14.3. The molecule has 3 fully saturated rings. The van der Waals surface area contributed by atoms with E-state index in [2.05, 4.69) is 23.8 Å². The number of likely N-dealkylation sites (tertiary alicyclic amines) is 1. The summed E-state index contributed by atoms with van der Waals surface area (Å²) in [5.41, 5.74) is -2.55. The molecule has 2 aliphatic carbocycles. The highest BCUT2D eigenvalue weighted by Crippen LogP contribution is 2.47. The Morgan fingerprint density at radius 2 is 1.85 bits per heavy atom. The number of carbonyl (C=O) groups excluding carboxylic acids is 4. The quantitative estimate of drug-likeness (QED) is 0.167. The number of hydrogen-bond acceptors (Lipinski definition) is 9. The number of carbonyl (C=O) groups is 4. The van der Waals surface area contributed by atoms with E-state index in [1.54, 1.807) is 26.8 Å². The first-order valence-electron chi connectivity index (χ1n) is 16.0. The molecule has 13 nitrogen and oxygen atoms in total. The largest absolute Gasteiger partial charge is 0.444 e. The minimum Gasteiger partial charge on any atom is -0.444 e. The maximum Gasteiger partial charge on any atom is 0.408 e. The van der Waals surface area contributed by atoms with Crippen molar-refractivity contribution in [2.45, 2.75) is 107 Å². The zero-order valence-corrected chi connectivity index (χ0v) is 28.9. The molecule has 266 valence electrons. The summed E-state index contributed by atoms with van der Waals surface area (Å²) in [4.78, 5) is 55.5. The lowest BCUT2D eigenvalue weighted by molar-refractivity contribution is -0.142. The number of aliphatic hydroxyl groups is 1. The second-order valence-electron chi connectivity index (χ2n) is 14.2. The predicted octanol–water partition coefficient (Wildman–Crippen LogP) is 2.11. The van der Waals surface area contributed by atoms with Gasteiger partial charge in [-0.1, -0.05) is 19.1 Å². The van der Waals surface area contributed by atoms with Crippen molar-refractivity contribution in [2.75, 3.05) is 26.9 Å². The molecule has 47 heavy (non-hydrogen) atoms. The highest BCUT2D eigenvalue weighted by molar-refractivity contribution is 7.91. The number of methoxy groups -OCH3 is 1. The van der Waals surface area contributed by atoms with Gasteiger partial charge in [-0.15, -0.1) is 13.2 Å². The zero-order valence-electron chi connectivity index (χ0n) is 28.1. The fourth-order valence-corrected chi connectivity index (χ4v) is 7.55. The monoisotopic (exact) mass is 686 g/mol. The van der Waals surface area contributed by atoms with Gasteiger partial charge in [-0.3, -0.25) is 19.1 Å². The van der Waals surface area contributed by atoms with Gasteiger partial charge in [-0.05, 0) is 65.2 Å². The maximum absolute atomic E-state index is 14.3. The van der Waals surface area contributed by atoms with E-state index in [0.29, 0.717) is 6.42 Å². The van der Waals surface area contributed by atoms with E-state index in [0.717, 1.165) is 17.7 Å². The average Bonchev–Trinajstić information content (AvgIpc) is 3.89. The number of amides is 4. The van der Waals surface area contributed by atoms with E-state index in [1.807, 2.05) is 11.6 Å². The number of nitrogens with zero attached hydrogens (tertiary/aromatic N) is 1. The van der Waals surface area contributed by atoms with Gasteiger partial charge in [-0.2, -0.15) is 0 Å². The van der Waals surface area contributed by atoms with E-state index in [4.69, 9.17) is 9.47 Å². The summed E-state index contributed by atoms with van der Waals surface area (Å²) in [6.45, 7) is 13.2. The first kappa shape index (κ1) is 38.4. The lowest BCUT2D eigenvalue weighted by atomic mass is 9.87. The van der Waals surface area contributed by atoms with Gasteiger partial charge in [0.05, 0.1) is 12.7 Å². The third-order valence-electron chi connectivity index (χ3n) is 9.12. The van der Waals surface area contributed by atoms with Gasteiger partial charge in [0.1, 0.15) is 34.6 Å². The summed E-state index contributed by atoms with van der Waals surface area (Å²) >= 11 is 0. The van der Waals surface area contributed by atoms with Crippen molar-refractivity contribution in [1.82, 2.24) is 20.3 Å². The molecule has 0 aromatic carbocycles. The standard InChI is InChI=1S/C32H51FN4O9S/c1-8-10-11-20(3)14-21(18-45-7)25(34-29(42)46-30(4,5)6)27(40)37-17-23(38)15-24(37)26(39)35-32(16-22(32)9-2)28(41)36-47(43,44)31(19-33)12-13-31/h8-9,20-25,38H,1-2,10-19H2,3-7H3,(H,34,42)(H,35,39)(H,36,41)/t20?,21-,22+,23+,24-,25-,32+/m0/s1. The van der Waals surface area contributed by atoms with Gasteiger partial charge < -0.3 is 30.1 Å². The van der Waals surface area contributed by atoms with E-state index >= 15 is 0 Å². The van der Waals surface area contributed by atoms with Gasteiger partial charge in [-0.25, -0.2) is 17.6 Å². The Balaban J connectivity index is 1.87. The second kappa shape index (κ2) is 15.0. The Morgan fingerprint density at radius 1 is 1.19 bits per heavy atom. The van der Waals surface area contributed by atoms with Crippen molar-refractivity contribution in [3.8, 4) is 0 Å². The molecule has 15 heteroatoms. The zero-order chi connectivity index (χ0) is 35.4. The lowest BCUT2D eigenvalue weighted by Gasteiger charge is -2.34. The van der Waals surface area contributed by atoms with Crippen molar-refractivity contribution in [3.63, 3.8) is 0 Å². The number of rotatable bonds is 17. The van der Waals surface area contributed by atoms with Crippen LogP contribution < -0.4 is 15.4 Å². The Labute approximate surface area is 277 Å². The summed E-state index contributed by atoms with van der Waals surface area (Å²) in [5, 5.41) is 15.9. The molecule has 3 rings (SSSR count). The molecule has 0 radical (unpaired) electrons. The minimum atomic E-state index is -4.36. The second-order valence-corrected chi connectivity index (χ2v) is 16.3. The highest BCUT2D eigenvalue weighted by atomic mass is 32.2. The summed E-state index contributed by atoms with van der Waals surface area (Å²) in [6, 6.07) is -2.45. The van der Waals surface area contributed by atoms with Gasteiger partial charge >= 0.3 is 6.09 Å². The van der Waals surface area contributed by atoms with Crippen LogP contribution in [0.25, 0.3) is 0 Å². The van der Waals surface area contributed by atoms with Crippen LogP contribution in [-0.2, 0) is 33.9 Å². The van der Waals surface area contributed by atoms with Crippen LogP contribution in [-0.4, -0.2) is 103 Å². The van der Waals surface area contributed by atoms with Gasteiger partial charge in [0, 0.05) is 31.9 Å². The first-order valence-corrected chi connectivity index (χ1v) is 17.5. The van der Waals surface area contributed by atoms with Crippen LogP contribution in [0.15, 0.2) is 25.3 Å². The van der Waals surface area contributed by atoms with E-state index in [-0.39, 0.29) is 44.8 Å². The molecule has 0 spiro atoms. The molecule has 4 amide bonds. The third kappa shape index (κ3) is 9.11. The molecule has 1 saturated heterocycles. The first-order chi connectivity index (χ1) is 21.9. The highest BCUT2D eigenvalue weighted by Gasteiger charge is 2.63. The fraction of sp³-hybridized carbons (Fsp3) is 0.750. The Kier molecular flexibility index (Phi) is 12.3. The Hall–Kier alpha value is -3.04. The molecule has 1 heterocycles. The minimum absolute atomic E-state index is 0.0385. The predicted molar refractivity (Wildman–Crippen MR) is 172 cm³/mol. The Bertz CT molecular complexity index is 1320. The SMILES string of the molecule is C=CCCC(C)C[C@@H](COC)[C@H](NC(=O)OC(C)(C)C)C(=O)N1C[C@H](O)C[C@H]1C(=O)N[C@]1(C(=O)NS(=O)(=O)C2(CF)CC2)C[C@H]1C=C. The molecule has 3 aliphatic rings. The van der Waals surface area contributed by atoms with Crippen LogP contribution >= 0.6 is 0 Å². The molecule has 0 bridgehead atoms. The molecule has 7 atom stereocenters. The van der Waals surface area contributed by atoms with Crippen molar-refractivity contribution in [1.29, 1.82) is 0 Å². The van der Waals surface area contributed by atoms with Crippen LogP contribution in [0, 0.1) is 17.8 Å². The number of β-amino-alcohol motifs (C(OH)–C–C–N with tert-alkyl or cyclic N) is 1.